The first-order valence-electron chi connectivity index (χ1n) is 27.6. The maximum absolute atomic E-state index is 12.4. The number of amides is 1. The number of carbonyl (C=O) groups is 2. The molecule has 0 bridgehead atoms. The van der Waals surface area contributed by atoms with Crippen LogP contribution in [0.15, 0.2) is 24.3 Å². The second-order valence-electron chi connectivity index (χ2n) is 18.9. The van der Waals surface area contributed by atoms with Gasteiger partial charge in [-0.3, -0.25) is 9.59 Å². The van der Waals surface area contributed by atoms with E-state index >= 15 is 0 Å². The molecule has 0 aromatic carbocycles. The number of nitrogens with one attached hydrogen (secondary N) is 1. The van der Waals surface area contributed by atoms with Crippen LogP contribution >= 0.6 is 0 Å². The van der Waals surface area contributed by atoms with E-state index < -0.39 is 12.1 Å². The van der Waals surface area contributed by atoms with Gasteiger partial charge in [-0.1, -0.05) is 250 Å². The average Bonchev–Trinajstić information content (AvgIpc) is 3.27. The second-order valence-corrected chi connectivity index (χ2v) is 18.9. The van der Waals surface area contributed by atoms with Crippen LogP contribution in [-0.2, 0) is 14.3 Å². The first kappa shape index (κ1) is 60.3. The van der Waals surface area contributed by atoms with Gasteiger partial charge in [0, 0.05) is 12.8 Å². The van der Waals surface area contributed by atoms with Crippen LogP contribution in [0.4, 0.5) is 0 Å². The summed E-state index contributed by atoms with van der Waals surface area (Å²) >= 11 is 0. The van der Waals surface area contributed by atoms with E-state index in [0.717, 1.165) is 83.5 Å². The van der Waals surface area contributed by atoms with Crippen LogP contribution in [0.2, 0.25) is 0 Å². The largest absolute Gasteiger partial charge is 0.466 e. The third-order valence-corrected chi connectivity index (χ3v) is 12.7. The van der Waals surface area contributed by atoms with Gasteiger partial charge in [0.1, 0.15) is 0 Å². The predicted octanol–water partition coefficient (Wildman–Crippen LogP) is 16.7. The fourth-order valence-electron chi connectivity index (χ4n) is 8.45. The van der Waals surface area contributed by atoms with Gasteiger partial charge < -0.3 is 20.3 Å². The summed E-state index contributed by atoms with van der Waals surface area (Å²) in [7, 11) is 0. The van der Waals surface area contributed by atoms with Gasteiger partial charge >= 0.3 is 5.97 Å². The molecule has 0 heterocycles. The molecule has 0 rings (SSSR count). The Morgan fingerprint density at radius 1 is 0.435 bits per heavy atom. The van der Waals surface area contributed by atoms with Crippen molar-refractivity contribution in [2.45, 2.75) is 309 Å². The van der Waals surface area contributed by atoms with E-state index in [1.54, 1.807) is 6.08 Å². The molecule has 0 radical (unpaired) electrons. The minimum atomic E-state index is -0.862. The van der Waals surface area contributed by atoms with Gasteiger partial charge in [0.05, 0.1) is 25.4 Å². The van der Waals surface area contributed by atoms with E-state index in [1.165, 1.54) is 186 Å². The van der Waals surface area contributed by atoms with Crippen LogP contribution in [0, 0.1) is 0 Å². The van der Waals surface area contributed by atoms with Crippen molar-refractivity contribution in [3.63, 3.8) is 0 Å². The molecule has 1 amide bonds. The van der Waals surface area contributed by atoms with E-state index in [1.807, 2.05) is 6.08 Å². The third kappa shape index (κ3) is 47.8. The minimum absolute atomic E-state index is 0.0294. The first-order chi connectivity index (χ1) is 30.5. The maximum atomic E-state index is 12.4. The zero-order chi connectivity index (χ0) is 45.1. The molecule has 0 fully saturated rings. The third-order valence-electron chi connectivity index (χ3n) is 12.7. The Morgan fingerprint density at radius 2 is 0.758 bits per heavy atom. The molecule has 0 aromatic heterocycles. The van der Waals surface area contributed by atoms with Crippen molar-refractivity contribution in [2.24, 2.45) is 0 Å². The highest BCUT2D eigenvalue weighted by atomic mass is 16.5. The molecular formula is C56H107NO5. The molecule has 0 spiro atoms. The Balaban J connectivity index is 3.53. The number of carbonyl (C=O) groups excluding carboxylic acids is 2. The van der Waals surface area contributed by atoms with Crippen molar-refractivity contribution >= 4 is 11.9 Å². The molecule has 0 aliphatic rings. The summed E-state index contributed by atoms with van der Waals surface area (Å²) in [5.74, 6) is -0.124. The Kier molecular flexibility index (Phi) is 50.6. The Morgan fingerprint density at radius 3 is 1.15 bits per heavy atom. The molecule has 2 unspecified atom stereocenters. The van der Waals surface area contributed by atoms with Gasteiger partial charge in [0.15, 0.2) is 0 Å². The standard InChI is InChI=1S/C56H107NO5/c1-3-5-7-9-11-13-15-17-19-21-22-23-25-28-32-36-40-44-48-54(59)53(52-58)57-55(60)49-45-41-37-33-29-27-31-35-39-43-47-51-62-56(61)50-46-42-38-34-30-26-24-20-18-16-14-12-10-8-6-4-2/h31,35,44,48,53-54,58-59H,3-30,32-34,36-43,45-47,49-52H2,1-2H3,(H,57,60)/b35-31-,48-44+. The van der Waals surface area contributed by atoms with Crippen LogP contribution in [0.25, 0.3) is 0 Å². The lowest BCUT2D eigenvalue weighted by molar-refractivity contribution is -0.143. The molecule has 2 atom stereocenters. The fourth-order valence-corrected chi connectivity index (χ4v) is 8.45. The Hall–Kier alpha value is -1.66. The summed E-state index contributed by atoms with van der Waals surface area (Å²) in [6.45, 7) is 4.84. The SMILES string of the molecule is CCCCCCCCCCCCCCCCCC/C=C/C(O)C(CO)NC(=O)CCCCCCC/C=C\CCCCOC(=O)CCCCCCCCCCCCCCCCCC. The van der Waals surface area contributed by atoms with Crippen LogP contribution in [0.1, 0.15) is 296 Å². The fraction of sp³-hybridized carbons (Fsp3) is 0.893. The van der Waals surface area contributed by atoms with Gasteiger partial charge in [-0.25, -0.2) is 0 Å². The lowest BCUT2D eigenvalue weighted by atomic mass is 10.0. The van der Waals surface area contributed by atoms with Crippen molar-refractivity contribution in [1.82, 2.24) is 5.32 Å². The molecule has 0 saturated carbocycles. The molecule has 0 aromatic rings. The summed E-state index contributed by atoms with van der Waals surface area (Å²) in [5, 5.41) is 23.1. The second kappa shape index (κ2) is 52.0. The highest BCUT2D eigenvalue weighted by molar-refractivity contribution is 5.76. The summed E-state index contributed by atoms with van der Waals surface area (Å²) in [5.41, 5.74) is 0. The van der Waals surface area contributed by atoms with Crippen LogP contribution in [0.5, 0.6) is 0 Å². The Labute approximate surface area is 386 Å². The van der Waals surface area contributed by atoms with E-state index in [4.69, 9.17) is 4.74 Å². The van der Waals surface area contributed by atoms with Crippen molar-refractivity contribution in [3.8, 4) is 0 Å². The minimum Gasteiger partial charge on any atom is -0.466 e. The molecule has 6 nitrogen and oxygen atoms in total. The highest BCUT2D eigenvalue weighted by Crippen LogP contribution is 2.16. The molecule has 0 aliphatic carbocycles. The molecule has 3 N–H and O–H groups in total. The Bertz CT molecular complexity index is 966. The summed E-state index contributed by atoms with van der Waals surface area (Å²) < 4.78 is 5.45. The molecule has 366 valence electrons. The average molecular weight is 874 g/mol. The molecule has 0 saturated heterocycles. The molecule has 62 heavy (non-hydrogen) atoms. The molecule has 6 heteroatoms. The number of hydrogen-bond acceptors (Lipinski definition) is 5. The molecule has 0 aliphatic heterocycles. The maximum Gasteiger partial charge on any atom is 0.305 e. The molecular weight excluding hydrogens is 767 g/mol. The summed E-state index contributed by atoms with van der Waals surface area (Å²) in [4.78, 5) is 24.5. The zero-order valence-electron chi connectivity index (χ0n) is 41.6. The van der Waals surface area contributed by atoms with Crippen molar-refractivity contribution in [2.75, 3.05) is 13.2 Å². The topological polar surface area (TPSA) is 95.9 Å². The number of aliphatic hydroxyl groups is 2. The predicted molar refractivity (Wildman–Crippen MR) is 269 cm³/mol. The first-order valence-corrected chi connectivity index (χ1v) is 27.6. The quantitative estimate of drug-likeness (QED) is 0.0321. The van der Waals surface area contributed by atoms with Gasteiger partial charge in [0.25, 0.3) is 0 Å². The highest BCUT2D eigenvalue weighted by Gasteiger charge is 2.18. The zero-order valence-corrected chi connectivity index (χ0v) is 41.6. The van der Waals surface area contributed by atoms with Gasteiger partial charge in [-0.2, -0.15) is 0 Å². The number of unbranched alkanes of at least 4 members (excludes halogenated alkanes) is 38. The van der Waals surface area contributed by atoms with Crippen molar-refractivity contribution in [1.29, 1.82) is 0 Å². The number of ether oxygens (including phenoxy) is 1. The van der Waals surface area contributed by atoms with Crippen LogP contribution < -0.4 is 5.32 Å². The number of esters is 1. The van der Waals surface area contributed by atoms with E-state index in [-0.39, 0.29) is 18.5 Å². The normalized spacial score (nSPS) is 12.8. The lowest BCUT2D eigenvalue weighted by Crippen LogP contribution is -2.45. The number of hydrogen-bond donors (Lipinski definition) is 3. The smallest absolute Gasteiger partial charge is 0.305 e. The number of rotatable bonds is 51. The lowest BCUT2D eigenvalue weighted by Gasteiger charge is -2.20. The summed E-state index contributed by atoms with van der Waals surface area (Å²) in [6.07, 6.45) is 61.9. The van der Waals surface area contributed by atoms with Gasteiger partial charge in [0.2, 0.25) is 5.91 Å². The van der Waals surface area contributed by atoms with E-state index in [9.17, 15) is 19.8 Å². The van der Waals surface area contributed by atoms with Crippen molar-refractivity contribution in [3.05, 3.63) is 24.3 Å². The van der Waals surface area contributed by atoms with Gasteiger partial charge in [-0.05, 0) is 57.8 Å². The van der Waals surface area contributed by atoms with E-state index in [2.05, 4.69) is 31.3 Å². The van der Waals surface area contributed by atoms with Crippen LogP contribution in [0.3, 0.4) is 0 Å². The van der Waals surface area contributed by atoms with E-state index in [0.29, 0.717) is 19.4 Å². The van der Waals surface area contributed by atoms with Crippen LogP contribution in [-0.4, -0.2) is 47.4 Å². The number of allylic oxidation sites excluding steroid dienone is 3. The van der Waals surface area contributed by atoms with Crippen molar-refractivity contribution < 1.29 is 24.5 Å². The summed E-state index contributed by atoms with van der Waals surface area (Å²) in [6, 6.07) is -0.648. The van der Waals surface area contributed by atoms with Gasteiger partial charge in [-0.15, -0.1) is 0 Å². The number of aliphatic hydroxyl groups excluding tert-OH is 2. The monoisotopic (exact) mass is 874 g/mol.